The lowest BCUT2D eigenvalue weighted by molar-refractivity contribution is 0.162. The molecule has 0 saturated carbocycles. The molecule has 1 aliphatic heterocycles. The minimum Gasteiger partial charge on any atom is -0.496 e. The minimum atomic E-state index is 0.215. The second-order valence-corrected chi connectivity index (χ2v) is 6.20. The zero-order chi connectivity index (χ0) is 14.6. The van der Waals surface area contributed by atoms with Gasteiger partial charge in [0.2, 0.25) is 0 Å². The summed E-state index contributed by atoms with van der Waals surface area (Å²) in [6.07, 6.45) is 2.35. The van der Waals surface area contributed by atoms with Crippen LogP contribution in [0.25, 0.3) is 0 Å². The third-order valence-corrected chi connectivity index (χ3v) is 4.64. The first-order valence-corrected chi connectivity index (χ1v) is 7.69. The molecular formula is C17H28N2O. The molecule has 0 spiro atoms. The Balaban J connectivity index is 2.16. The normalized spacial score (nSPS) is 28.1. The van der Waals surface area contributed by atoms with E-state index in [1.807, 2.05) is 6.07 Å². The molecule has 20 heavy (non-hydrogen) atoms. The van der Waals surface area contributed by atoms with E-state index in [2.05, 4.69) is 49.2 Å². The summed E-state index contributed by atoms with van der Waals surface area (Å²) in [4.78, 5) is 2.58. The summed E-state index contributed by atoms with van der Waals surface area (Å²) in [7, 11) is 1.75. The quantitative estimate of drug-likeness (QED) is 0.915. The van der Waals surface area contributed by atoms with Crippen LogP contribution in [-0.2, 0) is 6.54 Å². The number of rotatable bonds is 4. The summed E-state index contributed by atoms with van der Waals surface area (Å²) in [5, 5.41) is 3.71. The highest BCUT2D eigenvalue weighted by Gasteiger charge is 2.30. The fourth-order valence-corrected chi connectivity index (χ4v) is 2.93. The van der Waals surface area contributed by atoms with E-state index in [9.17, 15) is 0 Å². The molecule has 1 N–H and O–H groups in total. The van der Waals surface area contributed by atoms with Gasteiger partial charge >= 0.3 is 0 Å². The second-order valence-electron chi connectivity index (χ2n) is 6.20. The molecule has 3 nitrogen and oxygen atoms in total. The summed E-state index contributed by atoms with van der Waals surface area (Å²) >= 11 is 0. The molecule has 0 bridgehead atoms. The molecule has 112 valence electrons. The van der Waals surface area contributed by atoms with Crippen LogP contribution in [0.1, 0.15) is 39.2 Å². The molecule has 2 atom stereocenters. The van der Waals surface area contributed by atoms with E-state index in [0.717, 1.165) is 31.8 Å². The van der Waals surface area contributed by atoms with Crippen molar-refractivity contribution in [2.24, 2.45) is 0 Å². The molecule has 0 amide bonds. The molecule has 1 aliphatic rings. The summed E-state index contributed by atoms with van der Waals surface area (Å²) in [5.41, 5.74) is 1.49. The molecule has 2 unspecified atom stereocenters. The van der Waals surface area contributed by atoms with Crippen LogP contribution in [0.4, 0.5) is 0 Å². The molecule has 1 saturated heterocycles. The third kappa shape index (κ3) is 3.53. The number of hydrogen-bond donors (Lipinski definition) is 1. The van der Waals surface area contributed by atoms with E-state index in [1.165, 1.54) is 12.0 Å². The molecule has 1 heterocycles. The molecule has 0 radical (unpaired) electrons. The van der Waals surface area contributed by atoms with Crippen molar-refractivity contribution in [2.45, 2.75) is 51.7 Å². The Morgan fingerprint density at radius 2 is 2.15 bits per heavy atom. The third-order valence-electron chi connectivity index (χ3n) is 4.64. The highest BCUT2D eigenvalue weighted by molar-refractivity contribution is 5.33. The van der Waals surface area contributed by atoms with Crippen molar-refractivity contribution < 1.29 is 4.74 Å². The molecule has 1 aromatic rings. The van der Waals surface area contributed by atoms with Crippen LogP contribution in [0, 0.1) is 0 Å². The largest absolute Gasteiger partial charge is 0.496 e. The standard InChI is InChI=1S/C17H28N2O/c1-5-17(3)13-19(14(2)10-11-18-17)12-15-8-6-7-9-16(15)20-4/h6-9,14,18H,5,10-13H2,1-4H3. The van der Waals surface area contributed by atoms with E-state index in [-0.39, 0.29) is 5.54 Å². The van der Waals surface area contributed by atoms with Gasteiger partial charge in [-0.2, -0.15) is 0 Å². The summed E-state index contributed by atoms with van der Waals surface area (Å²) < 4.78 is 5.49. The Labute approximate surface area is 123 Å². The number of hydrogen-bond acceptors (Lipinski definition) is 3. The van der Waals surface area contributed by atoms with E-state index in [4.69, 9.17) is 4.74 Å². The minimum absolute atomic E-state index is 0.215. The molecule has 1 aromatic carbocycles. The molecule has 1 fully saturated rings. The smallest absolute Gasteiger partial charge is 0.123 e. The van der Waals surface area contributed by atoms with Gasteiger partial charge in [-0.3, -0.25) is 4.90 Å². The van der Waals surface area contributed by atoms with Crippen LogP contribution in [0.15, 0.2) is 24.3 Å². The maximum Gasteiger partial charge on any atom is 0.123 e. The van der Waals surface area contributed by atoms with Crippen LogP contribution < -0.4 is 10.1 Å². The average molecular weight is 276 g/mol. The topological polar surface area (TPSA) is 24.5 Å². The molecule has 0 aromatic heterocycles. The van der Waals surface area contributed by atoms with Gasteiger partial charge in [-0.25, -0.2) is 0 Å². The number of methoxy groups -OCH3 is 1. The van der Waals surface area contributed by atoms with Gasteiger partial charge in [-0.05, 0) is 39.3 Å². The number of benzene rings is 1. The van der Waals surface area contributed by atoms with Crippen LogP contribution in [0.5, 0.6) is 5.75 Å². The molecule has 0 aliphatic carbocycles. The van der Waals surface area contributed by atoms with Gasteiger partial charge in [-0.1, -0.05) is 25.1 Å². The first-order valence-electron chi connectivity index (χ1n) is 7.69. The SMILES string of the molecule is CCC1(C)CN(Cc2ccccc2OC)C(C)CCN1. The van der Waals surface area contributed by atoms with Gasteiger partial charge in [-0.15, -0.1) is 0 Å². The highest BCUT2D eigenvalue weighted by atomic mass is 16.5. The van der Waals surface area contributed by atoms with Gasteiger partial charge in [0, 0.05) is 30.2 Å². The lowest BCUT2D eigenvalue weighted by Crippen LogP contribution is -2.49. The molecule has 2 rings (SSSR count). The maximum atomic E-state index is 5.49. The Kier molecular flexibility index (Phi) is 5.06. The summed E-state index contributed by atoms with van der Waals surface area (Å²) in [6.45, 7) is 10.1. The van der Waals surface area contributed by atoms with Crippen molar-refractivity contribution in [3.05, 3.63) is 29.8 Å². The van der Waals surface area contributed by atoms with Gasteiger partial charge in [0.05, 0.1) is 7.11 Å². The predicted molar refractivity (Wildman–Crippen MR) is 84.2 cm³/mol. The lowest BCUT2D eigenvalue weighted by atomic mass is 9.98. The molecular weight excluding hydrogens is 248 g/mol. The Morgan fingerprint density at radius 1 is 1.40 bits per heavy atom. The first kappa shape index (κ1) is 15.3. The van der Waals surface area contributed by atoms with Crippen molar-refractivity contribution in [2.75, 3.05) is 20.2 Å². The number of nitrogens with zero attached hydrogens (tertiary/aromatic N) is 1. The maximum absolute atomic E-state index is 5.49. The predicted octanol–water partition coefficient (Wildman–Crippen LogP) is 3.05. The van der Waals surface area contributed by atoms with Gasteiger partial charge in [0.15, 0.2) is 0 Å². The average Bonchev–Trinajstić information content (AvgIpc) is 2.60. The fraction of sp³-hybridized carbons (Fsp3) is 0.647. The van der Waals surface area contributed by atoms with Crippen LogP contribution in [-0.4, -0.2) is 36.7 Å². The van der Waals surface area contributed by atoms with Crippen LogP contribution >= 0.6 is 0 Å². The van der Waals surface area contributed by atoms with E-state index < -0.39 is 0 Å². The van der Waals surface area contributed by atoms with Crippen molar-refractivity contribution in [3.8, 4) is 5.75 Å². The van der Waals surface area contributed by atoms with E-state index >= 15 is 0 Å². The Bertz CT molecular complexity index is 435. The first-order chi connectivity index (χ1) is 9.58. The van der Waals surface area contributed by atoms with Crippen LogP contribution in [0.2, 0.25) is 0 Å². The lowest BCUT2D eigenvalue weighted by Gasteiger charge is -2.35. The number of nitrogens with one attached hydrogen (secondary N) is 1. The monoisotopic (exact) mass is 276 g/mol. The van der Waals surface area contributed by atoms with Crippen molar-refractivity contribution in [3.63, 3.8) is 0 Å². The van der Waals surface area contributed by atoms with Crippen LogP contribution in [0.3, 0.4) is 0 Å². The number of ether oxygens (including phenoxy) is 1. The van der Waals surface area contributed by atoms with Gasteiger partial charge < -0.3 is 10.1 Å². The van der Waals surface area contributed by atoms with E-state index in [0.29, 0.717) is 6.04 Å². The molecule has 3 heteroatoms. The zero-order valence-corrected chi connectivity index (χ0v) is 13.3. The van der Waals surface area contributed by atoms with E-state index in [1.54, 1.807) is 7.11 Å². The Morgan fingerprint density at radius 3 is 2.85 bits per heavy atom. The zero-order valence-electron chi connectivity index (χ0n) is 13.3. The van der Waals surface area contributed by atoms with Crippen molar-refractivity contribution in [1.29, 1.82) is 0 Å². The second kappa shape index (κ2) is 6.59. The van der Waals surface area contributed by atoms with Gasteiger partial charge in [0.25, 0.3) is 0 Å². The highest BCUT2D eigenvalue weighted by Crippen LogP contribution is 2.24. The summed E-state index contributed by atoms with van der Waals surface area (Å²) in [6, 6.07) is 8.95. The van der Waals surface area contributed by atoms with Gasteiger partial charge in [0.1, 0.15) is 5.75 Å². The summed E-state index contributed by atoms with van der Waals surface area (Å²) in [5.74, 6) is 0.995. The Hall–Kier alpha value is -1.06. The fourth-order valence-electron chi connectivity index (χ4n) is 2.93. The van der Waals surface area contributed by atoms with Crippen molar-refractivity contribution in [1.82, 2.24) is 10.2 Å². The number of para-hydroxylation sites is 1. The van der Waals surface area contributed by atoms with Crippen molar-refractivity contribution >= 4 is 0 Å².